The summed E-state index contributed by atoms with van der Waals surface area (Å²) >= 11 is 0. The van der Waals surface area contributed by atoms with Gasteiger partial charge in [-0.3, -0.25) is 0 Å². The van der Waals surface area contributed by atoms with Crippen molar-refractivity contribution in [3.63, 3.8) is 0 Å². The first-order valence-corrected chi connectivity index (χ1v) is 6.84. The molecule has 0 amide bonds. The highest BCUT2D eigenvalue weighted by molar-refractivity contribution is 5.36. The monoisotopic (exact) mass is 273 g/mol. The van der Waals surface area contributed by atoms with Crippen molar-refractivity contribution in [1.82, 2.24) is 0 Å². The van der Waals surface area contributed by atoms with Gasteiger partial charge in [-0.25, -0.2) is 4.39 Å². The molecule has 0 spiro atoms. The van der Waals surface area contributed by atoms with Gasteiger partial charge in [-0.15, -0.1) is 0 Å². The van der Waals surface area contributed by atoms with Gasteiger partial charge < -0.3 is 10.5 Å². The molecule has 1 unspecified atom stereocenters. The third kappa shape index (κ3) is 3.36. The van der Waals surface area contributed by atoms with Crippen molar-refractivity contribution in [2.24, 2.45) is 5.73 Å². The summed E-state index contributed by atoms with van der Waals surface area (Å²) in [5.41, 5.74) is 8.96. The molecule has 0 aromatic heterocycles. The molecule has 0 aliphatic heterocycles. The van der Waals surface area contributed by atoms with Crippen LogP contribution in [0.15, 0.2) is 42.5 Å². The van der Waals surface area contributed by atoms with Gasteiger partial charge in [-0.2, -0.15) is 0 Å². The Labute approximate surface area is 119 Å². The number of halogens is 1. The maximum absolute atomic E-state index is 13.1. The second-order valence-corrected chi connectivity index (χ2v) is 4.91. The molecule has 0 saturated carbocycles. The van der Waals surface area contributed by atoms with E-state index in [-0.39, 0.29) is 11.9 Å². The average Bonchev–Trinajstić information content (AvgIpc) is 2.46. The van der Waals surface area contributed by atoms with Crippen molar-refractivity contribution in [3.8, 4) is 5.75 Å². The van der Waals surface area contributed by atoms with E-state index in [1.807, 2.05) is 38.1 Å². The third-order valence-electron chi connectivity index (χ3n) is 3.45. The standard InChI is InChI=1S/C17H20FNO/c1-3-16(19)15-6-4-5-7-17(15)20-11-13-8-9-14(18)10-12(13)2/h4-10,16H,3,11,19H2,1-2H3. The molecule has 0 bridgehead atoms. The fourth-order valence-electron chi connectivity index (χ4n) is 2.11. The summed E-state index contributed by atoms with van der Waals surface area (Å²) < 4.78 is 18.9. The molecule has 0 heterocycles. The van der Waals surface area contributed by atoms with Crippen molar-refractivity contribution in [2.45, 2.75) is 32.9 Å². The number of ether oxygens (including phenoxy) is 1. The van der Waals surface area contributed by atoms with Crippen molar-refractivity contribution in [1.29, 1.82) is 0 Å². The average molecular weight is 273 g/mol. The lowest BCUT2D eigenvalue weighted by atomic mass is 10.0. The molecule has 2 N–H and O–H groups in total. The van der Waals surface area contributed by atoms with E-state index in [9.17, 15) is 4.39 Å². The van der Waals surface area contributed by atoms with E-state index in [4.69, 9.17) is 10.5 Å². The maximum atomic E-state index is 13.1. The van der Waals surface area contributed by atoms with E-state index < -0.39 is 0 Å². The lowest BCUT2D eigenvalue weighted by Crippen LogP contribution is -2.11. The minimum absolute atomic E-state index is 0.0273. The molecule has 0 radical (unpaired) electrons. The Bertz CT molecular complexity index is 583. The van der Waals surface area contributed by atoms with Crippen LogP contribution in [0, 0.1) is 12.7 Å². The van der Waals surface area contributed by atoms with Gasteiger partial charge in [0.25, 0.3) is 0 Å². The van der Waals surface area contributed by atoms with Crippen LogP contribution in [0.3, 0.4) is 0 Å². The van der Waals surface area contributed by atoms with Crippen LogP contribution >= 0.6 is 0 Å². The van der Waals surface area contributed by atoms with Crippen molar-refractivity contribution in [2.75, 3.05) is 0 Å². The third-order valence-corrected chi connectivity index (χ3v) is 3.45. The summed E-state index contributed by atoms with van der Waals surface area (Å²) in [4.78, 5) is 0. The van der Waals surface area contributed by atoms with E-state index >= 15 is 0 Å². The first kappa shape index (κ1) is 14.5. The topological polar surface area (TPSA) is 35.2 Å². The van der Waals surface area contributed by atoms with Crippen LogP contribution < -0.4 is 10.5 Å². The van der Waals surface area contributed by atoms with Crippen molar-refractivity contribution < 1.29 is 9.13 Å². The Kier molecular flexibility index (Phi) is 4.74. The number of rotatable bonds is 5. The van der Waals surface area contributed by atoms with Gasteiger partial charge in [0.2, 0.25) is 0 Å². The molecule has 0 aliphatic rings. The second-order valence-electron chi connectivity index (χ2n) is 4.91. The molecule has 3 heteroatoms. The van der Waals surface area contributed by atoms with Crippen LogP contribution in [0.4, 0.5) is 4.39 Å². The molecule has 20 heavy (non-hydrogen) atoms. The number of hydrogen-bond acceptors (Lipinski definition) is 2. The molecular weight excluding hydrogens is 253 g/mol. The minimum Gasteiger partial charge on any atom is -0.489 e. The second kappa shape index (κ2) is 6.53. The van der Waals surface area contributed by atoms with E-state index in [1.165, 1.54) is 12.1 Å². The predicted octanol–water partition coefficient (Wildman–Crippen LogP) is 4.12. The van der Waals surface area contributed by atoms with Gasteiger partial charge in [0.15, 0.2) is 0 Å². The zero-order chi connectivity index (χ0) is 14.5. The van der Waals surface area contributed by atoms with Crippen LogP contribution in [-0.2, 0) is 6.61 Å². The highest BCUT2D eigenvalue weighted by Gasteiger charge is 2.10. The molecule has 2 aromatic carbocycles. The highest BCUT2D eigenvalue weighted by atomic mass is 19.1. The first-order chi connectivity index (χ1) is 9.61. The fraction of sp³-hybridized carbons (Fsp3) is 0.294. The molecule has 106 valence electrons. The summed E-state index contributed by atoms with van der Waals surface area (Å²) in [6.07, 6.45) is 0.857. The Morgan fingerprint density at radius 2 is 1.95 bits per heavy atom. The number of nitrogens with two attached hydrogens (primary N) is 1. The quantitative estimate of drug-likeness (QED) is 0.889. The number of aryl methyl sites for hydroxylation is 1. The van der Waals surface area contributed by atoms with Gasteiger partial charge in [0, 0.05) is 11.6 Å². The zero-order valence-electron chi connectivity index (χ0n) is 11.9. The van der Waals surface area contributed by atoms with E-state index in [0.29, 0.717) is 6.61 Å². The number of hydrogen-bond donors (Lipinski definition) is 1. The van der Waals surface area contributed by atoms with Crippen LogP contribution in [0.1, 0.15) is 36.1 Å². The molecule has 1 atom stereocenters. The summed E-state index contributed by atoms with van der Waals surface area (Å²) in [5.74, 6) is 0.574. The largest absolute Gasteiger partial charge is 0.489 e. The Morgan fingerprint density at radius 3 is 2.65 bits per heavy atom. The normalized spacial score (nSPS) is 12.2. The van der Waals surface area contributed by atoms with Crippen molar-refractivity contribution in [3.05, 3.63) is 65.0 Å². The van der Waals surface area contributed by atoms with E-state index in [1.54, 1.807) is 6.07 Å². The molecule has 0 aliphatic carbocycles. The minimum atomic E-state index is -0.223. The Morgan fingerprint density at radius 1 is 1.20 bits per heavy atom. The van der Waals surface area contributed by atoms with Crippen molar-refractivity contribution >= 4 is 0 Å². The predicted molar refractivity (Wildman–Crippen MR) is 79.1 cm³/mol. The van der Waals surface area contributed by atoms with Gasteiger partial charge in [0.1, 0.15) is 18.2 Å². The zero-order valence-corrected chi connectivity index (χ0v) is 11.9. The first-order valence-electron chi connectivity index (χ1n) is 6.84. The smallest absolute Gasteiger partial charge is 0.124 e. The SMILES string of the molecule is CCC(N)c1ccccc1OCc1ccc(F)cc1C. The molecule has 2 aromatic rings. The van der Waals surface area contributed by atoms with Gasteiger partial charge >= 0.3 is 0 Å². The van der Waals surface area contributed by atoms with Crippen LogP contribution in [0.2, 0.25) is 0 Å². The lowest BCUT2D eigenvalue weighted by molar-refractivity contribution is 0.300. The van der Waals surface area contributed by atoms with Gasteiger partial charge in [-0.1, -0.05) is 31.2 Å². The summed E-state index contributed by atoms with van der Waals surface area (Å²) in [5, 5.41) is 0. The Balaban J connectivity index is 2.15. The van der Waals surface area contributed by atoms with Crippen LogP contribution in [-0.4, -0.2) is 0 Å². The molecule has 2 rings (SSSR count). The van der Waals surface area contributed by atoms with E-state index in [2.05, 4.69) is 0 Å². The van der Waals surface area contributed by atoms with Crippen LogP contribution in [0.25, 0.3) is 0 Å². The van der Waals surface area contributed by atoms with E-state index in [0.717, 1.165) is 28.9 Å². The van der Waals surface area contributed by atoms with Crippen LogP contribution in [0.5, 0.6) is 5.75 Å². The lowest BCUT2D eigenvalue weighted by Gasteiger charge is -2.16. The summed E-state index contributed by atoms with van der Waals surface area (Å²) in [6.45, 7) is 4.34. The number of para-hydroxylation sites is 1. The summed E-state index contributed by atoms with van der Waals surface area (Å²) in [7, 11) is 0. The number of benzene rings is 2. The van der Waals surface area contributed by atoms with Gasteiger partial charge in [-0.05, 0) is 42.7 Å². The highest BCUT2D eigenvalue weighted by Crippen LogP contribution is 2.26. The molecular formula is C17H20FNO. The maximum Gasteiger partial charge on any atom is 0.124 e. The molecule has 0 saturated heterocycles. The Hall–Kier alpha value is -1.87. The molecule has 2 nitrogen and oxygen atoms in total. The molecule has 0 fully saturated rings. The fourth-order valence-corrected chi connectivity index (χ4v) is 2.11. The van der Waals surface area contributed by atoms with Gasteiger partial charge in [0.05, 0.1) is 0 Å². The summed E-state index contributed by atoms with van der Waals surface area (Å²) in [6, 6.07) is 12.5.